The van der Waals surface area contributed by atoms with Gasteiger partial charge in [-0.1, -0.05) is 30.3 Å². The van der Waals surface area contributed by atoms with E-state index in [0.29, 0.717) is 25.4 Å². The molecule has 4 rings (SSSR count). The van der Waals surface area contributed by atoms with Gasteiger partial charge >= 0.3 is 0 Å². The lowest BCUT2D eigenvalue weighted by atomic mass is 9.92. The number of phenols is 1. The van der Waals surface area contributed by atoms with Gasteiger partial charge in [-0.15, -0.1) is 0 Å². The van der Waals surface area contributed by atoms with Gasteiger partial charge in [-0.2, -0.15) is 0 Å². The minimum atomic E-state index is -0.470. The van der Waals surface area contributed by atoms with Crippen LogP contribution in [0.5, 0.6) is 5.75 Å². The molecule has 0 saturated carbocycles. The quantitative estimate of drug-likeness (QED) is 0.865. The first-order chi connectivity index (χ1) is 13.8. The zero-order chi connectivity index (χ0) is 20.6. The molecule has 29 heavy (non-hydrogen) atoms. The number of hydrogen-bond donors (Lipinski definition) is 1. The van der Waals surface area contributed by atoms with Gasteiger partial charge in [0.05, 0.1) is 5.56 Å². The fourth-order valence-corrected chi connectivity index (χ4v) is 4.74. The second-order valence-electron chi connectivity index (χ2n) is 8.69. The first kappa shape index (κ1) is 19.9. The fourth-order valence-electron chi connectivity index (χ4n) is 4.74. The first-order valence-electron chi connectivity index (χ1n) is 10.1. The van der Waals surface area contributed by atoms with E-state index in [1.807, 2.05) is 18.2 Å². The highest BCUT2D eigenvalue weighted by atomic mass is 19.1. The molecule has 0 unspecified atom stereocenters. The highest BCUT2D eigenvalue weighted by Gasteiger charge is 2.44. The van der Waals surface area contributed by atoms with Crippen LogP contribution in [0.2, 0.25) is 0 Å². The lowest BCUT2D eigenvalue weighted by Crippen LogP contribution is -2.70. The summed E-state index contributed by atoms with van der Waals surface area (Å²) in [6.45, 7) is 8.77. The van der Waals surface area contributed by atoms with Gasteiger partial charge in [-0.3, -0.25) is 14.6 Å². The van der Waals surface area contributed by atoms with Gasteiger partial charge in [0, 0.05) is 56.4 Å². The van der Waals surface area contributed by atoms with E-state index >= 15 is 0 Å². The second-order valence-corrected chi connectivity index (χ2v) is 8.69. The van der Waals surface area contributed by atoms with E-state index in [1.54, 1.807) is 29.2 Å². The summed E-state index contributed by atoms with van der Waals surface area (Å²) in [5, 5.41) is 10.1. The molecule has 1 atom stereocenters. The number of para-hydroxylation sites is 1. The molecular weight excluding hydrogens is 369 g/mol. The summed E-state index contributed by atoms with van der Waals surface area (Å²) in [5.74, 6) is -0.397. The molecule has 0 bridgehead atoms. The van der Waals surface area contributed by atoms with Crippen LogP contribution in [0.4, 0.5) is 4.39 Å². The molecule has 2 heterocycles. The Balaban J connectivity index is 1.51. The summed E-state index contributed by atoms with van der Waals surface area (Å²) in [5.41, 5.74) is 0.874. The Kier molecular flexibility index (Phi) is 5.32. The standard InChI is InChI=1S/C23H28FN3O2/c1-23(2)16-26(22(29)19-8-4-5-9-20(19)24)15-18-14-25(11-12-27(18)23)13-17-7-3-6-10-21(17)28/h3-10,18,28H,11-16H2,1-2H3/t18-/m0/s1. The summed E-state index contributed by atoms with van der Waals surface area (Å²) in [7, 11) is 0. The van der Waals surface area contributed by atoms with Gasteiger partial charge in [0.25, 0.3) is 5.91 Å². The number of fused-ring (bicyclic) bond motifs is 1. The normalized spacial score (nSPS) is 22.3. The zero-order valence-corrected chi connectivity index (χ0v) is 17.0. The van der Waals surface area contributed by atoms with Crippen molar-refractivity contribution in [2.24, 2.45) is 0 Å². The lowest BCUT2D eigenvalue weighted by Gasteiger charge is -2.55. The van der Waals surface area contributed by atoms with Gasteiger partial charge in [-0.05, 0) is 32.0 Å². The number of halogens is 1. The molecule has 0 aliphatic carbocycles. The summed E-state index contributed by atoms with van der Waals surface area (Å²) in [4.78, 5) is 19.6. The molecule has 6 heteroatoms. The maximum atomic E-state index is 14.2. The van der Waals surface area contributed by atoms with Crippen LogP contribution in [0.1, 0.15) is 29.8 Å². The van der Waals surface area contributed by atoms with Crippen LogP contribution < -0.4 is 0 Å². The maximum absolute atomic E-state index is 14.2. The van der Waals surface area contributed by atoms with E-state index < -0.39 is 5.82 Å². The van der Waals surface area contributed by atoms with Crippen molar-refractivity contribution in [2.45, 2.75) is 32.0 Å². The van der Waals surface area contributed by atoms with Crippen molar-refractivity contribution in [3.8, 4) is 5.75 Å². The molecular formula is C23H28FN3O2. The lowest BCUT2D eigenvalue weighted by molar-refractivity contribution is -0.0579. The number of piperazine rings is 2. The monoisotopic (exact) mass is 397 g/mol. The van der Waals surface area contributed by atoms with Crippen LogP contribution in [0.15, 0.2) is 48.5 Å². The summed E-state index contributed by atoms with van der Waals surface area (Å²) >= 11 is 0. The third-order valence-electron chi connectivity index (χ3n) is 6.13. The van der Waals surface area contributed by atoms with E-state index in [2.05, 4.69) is 23.6 Å². The van der Waals surface area contributed by atoms with Crippen molar-refractivity contribution in [1.82, 2.24) is 14.7 Å². The second kappa shape index (κ2) is 7.76. The van der Waals surface area contributed by atoms with E-state index in [0.717, 1.165) is 25.2 Å². The van der Waals surface area contributed by atoms with E-state index in [1.165, 1.54) is 6.07 Å². The van der Waals surface area contributed by atoms with E-state index in [-0.39, 0.29) is 23.1 Å². The topological polar surface area (TPSA) is 47.0 Å². The highest BCUT2D eigenvalue weighted by molar-refractivity contribution is 5.94. The number of hydrogen-bond acceptors (Lipinski definition) is 4. The van der Waals surface area contributed by atoms with Gasteiger partial charge in [0.15, 0.2) is 0 Å². The number of amides is 1. The van der Waals surface area contributed by atoms with E-state index in [4.69, 9.17) is 0 Å². The predicted molar refractivity (Wildman–Crippen MR) is 110 cm³/mol. The Morgan fingerprint density at radius 1 is 1.10 bits per heavy atom. The molecule has 2 aromatic rings. The molecule has 2 aliphatic rings. The van der Waals surface area contributed by atoms with Crippen LogP contribution in [-0.2, 0) is 6.54 Å². The molecule has 2 saturated heterocycles. The SMILES string of the molecule is CC1(C)CN(C(=O)c2ccccc2F)C[C@@H]2CN(Cc3ccccc3O)CCN21. The number of aromatic hydroxyl groups is 1. The summed E-state index contributed by atoms with van der Waals surface area (Å²) < 4.78 is 14.2. The van der Waals surface area contributed by atoms with Gasteiger partial charge in [0.2, 0.25) is 0 Å². The van der Waals surface area contributed by atoms with Gasteiger partial charge < -0.3 is 10.0 Å². The summed E-state index contributed by atoms with van der Waals surface area (Å²) in [6, 6.07) is 13.8. The number of nitrogens with zero attached hydrogens (tertiary/aromatic N) is 3. The van der Waals surface area contributed by atoms with Crippen LogP contribution in [0.3, 0.4) is 0 Å². The van der Waals surface area contributed by atoms with Gasteiger partial charge in [-0.25, -0.2) is 4.39 Å². The Hall–Kier alpha value is -2.44. The number of benzene rings is 2. The largest absolute Gasteiger partial charge is 0.508 e. The van der Waals surface area contributed by atoms with Crippen LogP contribution >= 0.6 is 0 Å². The van der Waals surface area contributed by atoms with E-state index in [9.17, 15) is 14.3 Å². The molecule has 0 aromatic heterocycles. The minimum Gasteiger partial charge on any atom is -0.508 e. The molecule has 1 N–H and O–H groups in total. The molecule has 1 amide bonds. The molecule has 5 nitrogen and oxygen atoms in total. The Morgan fingerprint density at radius 2 is 1.83 bits per heavy atom. The van der Waals surface area contributed by atoms with Crippen LogP contribution in [0.25, 0.3) is 0 Å². The zero-order valence-electron chi connectivity index (χ0n) is 17.0. The average Bonchev–Trinajstić information content (AvgIpc) is 2.69. The number of rotatable bonds is 3. The van der Waals surface area contributed by atoms with Crippen molar-refractivity contribution < 1.29 is 14.3 Å². The number of phenolic OH excluding ortho intramolecular Hbond substituents is 1. The van der Waals surface area contributed by atoms with Crippen LogP contribution in [-0.4, -0.2) is 70.0 Å². The number of carbonyl (C=O) groups is 1. The molecule has 2 aromatic carbocycles. The van der Waals surface area contributed by atoms with Gasteiger partial charge in [0.1, 0.15) is 11.6 Å². The fraction of sp³-hybridized carbons (Fsp3) is 0.435. The smallest absolute Gasteiger partial charge is 0.256 e. The molecule has 0 radical (unpaired) electrons. The van der Waals surface area contributed by atoms with Crippen molar-refractivity contribution in [2.75, 3.05) is 32.7 Å². The van der Waals surface area contributed by atoms with Crippen molar-refractivity contribution in [3.05, 3.63) is 65.5 Å². The molecule has 2 aliphatic heterocycles. The molecule has 2 fully saturated rings. The molecule has 154 valence electrons. The van der Waals surface area contributed by atoms with Crippen molar-refractivity contribution in [1.29, 1.82) is 0 Å². The third kappa shape index (κ3) is 4.00. The Morgan fingerprint density at radius 3 is 2.59 bits per heavy atom. The minimum absolute atomic E-state index is 0.138. The Labute approximate surface area is 171 Å². The Bertz CT molecular complexity index is 901. The predicted octanol–water partition coefficient (Wildman–Crippen LogP) is 2.95. The summed E-state index contributed by atoms with van der Waals surface area (Å²) in [6.07, 6.45) is 0. The molecule has 0 spiro atoms. The third-order valence-corrected chi connectivity index (χ3v) is 6.13. The van der Waals surface area contributed by atoms with Crippen molar-refractivity contribution in [3.63, 3.8) is 0 Å². The number of carbonyl (C=O) groups excluding carboxylic acids is 1. The van der Waals surface area contributed by atoms with Crippen molar-refractivity contribution >= 4 is 5.91 Å². The maximum Gasteiger partial charge on any atom is 0.256 e. The highest BCUT2D eigenvalue weighted by Crippen LogP contribution is 2.30. The van der Waals surface area contributed by atoms with Crippen LogP contribution in [0, 0.1) is 5.82 Å². The average molecular weight is 397 g/mol. The first-order valence-corrected chi connectivity index (χ1v) is 10.1.